The highest BCUT2D eigenvalue weighted by molar-refractivity contribution is 7.89. The molecule has 0 spiro atoms. The van der Waals surface area contributed by atoms with Crippen LogP contribution in [-0.2, 0) is 22.9 Å². The average molecular weight is 297 g/mol. The number of aryl methyl sites for hydroxylation is 1. The lowest BCUT2D eigenvalue weighted by atomic mass is 9.80. The van der Waals surface area contributed by atoms with Crippen molar-refractivity contribution in [1.82, 2.24) is 4.72 Å². The van der Waals surface area contributed by atoms with E-state index in [0.29, 0.717) is 19.3 Å². The molecule has 112 valence electrons. The Bertz CT molecular complexity index is 556. The van der Waals surface area contributed by atoms with Crippen molar-refractivity contribution in [3.8, 4) is 0 Å². The molecule has 0 unspecified atom stereocenters. The average Bonchev–Trinajstić information content (AvgIpc) is 2.43. The second-order valence-electron chi connectivity index (χ2n) is 5.66. The zero-order chi connectivity index (χ0) is 14.6. The summed E-state index contributed by atoms with van der Waals surface area (Å²) in [5.41, 5.74) is 1.41. The van der Waals surface area contributed by atoms with E-state index in [-0.39, 0.29) is 12.3 Å². The van der Waals surface area contributed by atoms with Crippen molar-refractivity contribution in [2.24, 2.45) is 0 Å². The summed E-state index contributed by atoms with van der Waals surface area (Å²) >= 11 is 0. The topological polar surface area (TPSA) is 66.4 Å². The van der Waals surface area contributed by atoms with Gasteiger partial charge in [0.2, 0.25) is 10.0 Å². The van der Waals surface area contributed by atoms with Crippen LogP contribution in [0.3, 0.4) is 0 Å². The summed E-state index contributed by atoms with van der Waals surface area (Å²) in [6.45, 7) is 2.06. The van der Waals surface area contributed by atoms with E-state index in [9.17, 15) is 13.5 Å². The van der Waals surface area contributed by atoms with Crippen LogP contribution in [0.2, 0.25) is 0 Å². The SMILES string of the molecule is CCCCS(=O)(=O)NC[C@]1(O)CCc2ccccc2C1. The Labute approximate surface area is 121 Å². The van der Waals surface area contributed by atoms with Crippen molar-refractivity contribution >= 4 is 10.0 Å². The Morgan fingerprint density at radius 1 is 1.30 bits per heavy atom. The molecule has 0 amide bonds. The standard InChI is InChI=1S/C15H23NO3S/c1-2-3-10-20(18,19)16-12-15(17)9-8-13-6-4-5-7-14(13)11-15/h4-7,16-17H,2-3,8-12H2,1H3/t15-/m0/s1. The molecule has 1 aromatic rings. The fraction of sp³-hybridized carbons (Fsp3) is 0.600. The molecule has 5 heteroatoms. The lowest BCUT2D eigenvalue weighted by molar-refractivity contribution is 0.0317. The van der Waals surface area contributed by atoms with Crippen LogP contribution in [0.15, 0.2) is 24.3 Å². The predicted octanol–water partition coefficient (Wildman–Crippen LogP) is 1.63. The molecule has 4 nitrogen and oxygen atoms in total. The zero-order valence-electron chi connectivity index (χ0n) is 11.9. The minimum absolute atomic E-state index is 0.105. The molecule has 0 radical (unpaired) electrons. The molecule has 0 saturated heterocycles. The number of sulfonamides is 1. The minimum atomic E-state index is -3.27. The van der Waals surface area contributed by atoms with Crippen LogP contribution in [-0.4, -0.2) is 31.4 Å². The number of aliphatic hydroxyl groups is 1. The smallest absolute Gasteiger partial charge is 0.211 e. The van der Waals surface area contributed by atoms with E-state index in [0.717, 1.165) is 18.4 Å². The van der Waals surface area contributed by atoms with Gasteiger partial charge in [-0.25, -0.2) is 13.1 Å². The van der Waals surface area contributed by atoms with Gasteiger partial charge in [-0.3, -0.25) is 0 Å². The summed E-state index contributed by atoms with van der Waals surface area (Å²) in [6, 6.07) is 8.03. The van der Waals surface area contributed by atoms with E-state index in [1.165, 1.54) is 5.56 Å². The first-order valence-electron chi connectivity index (χ1n) is 7.21. The number of fused-ring (bicyclic) bond motifs is 1. The van der Waals surface area contributed by atoms with E-state index < -0.39 is 15.6 Å². The minimum Gasteiger partial charge on any atom is -0.388 e. The van der Waals surface area contributed by atoms with E-state index in [2.05, 4.69) is 10.8 Å². The Hall–Kier alpha value is -0.910. The van der Waals surface area contributed by atoms with Crippen LogP contribution >= 0.6 is 0 Å². The van der Waals surface area contributed by atoms with Crippen molar-refractivity contribution < 1.29 is 13.5 Å². The Kier molecular flexibility index (Phi) is 4.83. The molecular formula is C15H23NO3S. The number of benzene rings is 1. The normalized spacial score (nSPS) is 22.5. The number of hydrogen-bond acceptors (Lipinski definition) is 3. The molecule has 0 heterocycles. The summed E-state index contributed by atoms with van der Waals surface area (Å²) in [4.78, 5) is 0. The molecule has 1 aliphatic rings. The van der Waals surface area contributed by atoms with Crippen LogP contribution in [0.5, 0.6) is 0 Å². The monoisotopic (exact) mass is 297 g/mol. The number of hydrogen-bond donors (Lipinski definition) is 2. The van der Waals surface area contributed by atoms with Gasteiger partial charge in [-0.05, 0) is 30.4 Å². The highest BCUT2D eigenvalue weighted by atomic mass is 32.2. The van der Waals surface area contributed by atoms with Gasteiger partial charge in [0.15, 0.2) is 0 Å². The molecule has 0 saturated carbocycles. The van der Waals surface area contributed by atoms with Crippen molar-refractivity contribution in [2.45, 2.75) is 44.6 Å². The van der Waals surface area contributed by atoms with Gasteiger partial charge in [0.05, 0.1) is 11.4 Å². The molecule has 0 aliphatic heterocycles. The number of unbranched alkanes of at least 4 members (excludes halogenated alkanes) is 1. The van der Waals surface area contributed by atoms with E-state index in [4.69, 9.17) is 0 Å². The van der Waals surface area contributed by atoms with Crippen LogP contribution in [0.4, 0.5) is 0 Å². The van der Waals surface area contributed by atoms with Crippen molar-refractivity contribution in [2.75, 3.05) is 12.3 Å². The van der Waals surface area contributed by atoms with Crippen molar-refractivity contribution in [3.05, 3.63) is 35.4 Å². The van der Waals surface area contributed by atoms with Gasteiger partial charge in [-0.15, -0.1) is 0 Å². The van der Waals surface area contributed by atoms with Crippen LogP contribution in [0.25, 0.3) is 0 Å². The van der Waals surface area contributed by atoms with Crippen molar-refractivity contribution in [1.29, 1.82) is 0 Å². The Morgan fingerprint density at radius 2 is 2.00 bits per heavy atom. The summed E-state index contributed by atoms with van der Waals surface area (Å²) in [7, 11) is -3.27. The molecule has 1 atom stereocenters. The van der Waals surface area contributed by atoms with Crippen LogP contribution in [0.1, 0.15) is 37.3 Å². The van der Waals surface area contributed by atoms with E-state index in [1.54, 1.807) is 0 Å². The molecule has 0 aromatic heterocycles. The predicted molar refractivity (Wildman–Crippen MR) is 80.1 cm³/mol. The lowest BCUT2D eigenvalue weighted by Gasteiger charge is -2.33. The van der Waals surface area contributed by atoms with Gasteiger partial charge in [0.1, 0.15) is 0 Å². The van der Waals surface area contributed by atoms with Gasteiger partial charge < -0.3 is 5.11 Å². The summed E-state index contributed by atoms with van der Waals surface area (Å²) in [5, 5.41) is 10.6. The fourth-order valence-electron chi connectivity index (χ4n) is 2.59. The second-order valence-corrected chi connectivity index (χ2v) is 7.59. The van der Waals surface area contributed by atoms with Gasteiger partial charge in [-0.2, -0.15) is 0 Å². The first kappa shape index (κ1) is 15.5. The second kappa shape index (κ2) is 6.24. The number of nitrogens with one attached hydrogen (secondary N) is 1. The Morgan fingerprint density at radius 3 is 2.70 bits per heavy atom. The first-order valence-corrected chi connectivity index (χ1v) is 8.86. The molecule has 0 bridgehead atoms. The largest absolute Gasteiger partial charge is 0.388 e. The highest BCUT2D eigenvalue weighted by Gasteiger charge is 2.32. The van der Waals surface area contributed by atoms with Gasteiger partial charge in [0.25, 0.3) is 0 Å². The van der Waals surface area contributed by atoms with Crippen LogP contribution < -0.4 is 4.72 Å². The van der Waals surface area contributed by atoms with Crippen molar-refractivity contribution in [3.63, 3.8) is 0 Å². The van der Waals surface area contributed by atoms with Gasteiger partial charge in [-0.1, -0.05) is 37.6 Å². The zero-order valence-corrected chi connectivity index (χ0v) is 12.7. The molecule has 2 rings (SSSR count). The maximum Gasteiger partial charge on any atom is 0.211 e. The third-order valence-electron chi connectivity index (χ3n) is 3.89. The van der Waals surface area contributed by atoms with Crippen LogP contribution in [0, 0.1) is 0 Å². The fourth-order valence-corrected chi connectivity index (χ4v) is 3.89. The Balaban J connectivity index is 1.97. The van der Waals surface area contributed by atoms with E-state index in [1.807, 2.05) is 25.1 Å². The summed E-state index contributed by atoms with van der Waals surface area (Å²) in [5.74, 6) is 0.135. The van der Waals surface area contributed by atoms with Gasteiger partial charge >= 0.3 is 0 Å². The molecule has 2 N–H and O–H groups in total. The summed E-state index contributed by atoms with van der Waals surface area (Å²) in [6.07, 6.45) is 3.40. The molecule has 20 heavy (non-hydrogen) atoms. The highest BCUT2D eigenvalue weighted by Crippen LogP contribution is 2.28. The van der Waals surface area contributed by atoms with Gasteiger partial charge in [0, 0.05) is 13.0 Å². The van der Waals surface area contributed by atoms with E-state index >= 15 is 0 Å². The quantitative estimate of drug-likeness (QED) is 0.838. The maximum absolute atomic E-state index is 11.8. The third-order valence-corrected chi connectivity index (χ3v) is 5.30. The molecule has 1 aliphatic carbocycles. The molecule has 0 fully saturated rings. The molecule has 1 aromatic carbocycles. The summed E-state index contributed by atoms with van der Waals surface area (Å²) < 4.78 is 26.2. The lowest BCUT2D eigenvalue weighted by Crippen LogP contribution is -2.47. The maximum atomic E-state index is 11.8. The first-order chi connectivity index (χ1) is 9.44. The number of rotatable bonds is 6. The third kappa shape index (κ3) is 4.04. The molecular weight excluding hydrogens is 274 g/mol.